The first-order valence-corrected chi connectivity index (χ1v) is 8.56. The van der Waals surface area contributed by atoms with E-state index >= 15 is 0 Å². The van der Waals surface area contributed by atoms with Crippen molar-refractivity contribution in [3.05, 3.63) is 54.3 Å². The molecule has 6 nitrogen and oxygen atoms in total. The molecule has 0 aliphatic carbocycles. The van der Waals surface area contributed by atoms with E-state index in [2.05, 4.69) is 10.3 Å². The Morgan fingerprint density at radius 1 is 1.19 bits per heavy atom. The summed E-state index contributed by atoms with van der Waals surface area (Å²) in [6.45, 7) is 2.53. The lowest BCUT2D eigenvalue weighted by Crippen LogP contribution is -2.25. The molecule has 2 heterocycles. The third-order valence-corrected chi connectivity index (χ3v) is 3.88. The van der Waals surface area contributed by atoms with Crippen molar-refractivity contribution in [1.82, 2.24) is 10.3 Å². The SMILES string of the molecule is CCOC(=O)CCCNC(=O)c1cc(-c2ccco2)nc2ccccc12. The second kappa shape index (κ2) is 8.29. The smallest absolute Gasteiger partial charge is 0.305 e. The van der Waals surface area contributed by atoms with Gasteiger partial charge in [0.1, 0.15) is 5.69 Å². The predicted molar refractivity (Wildman–Crippen MR) is 97.6 cm³/mol. The lowest BCUT2D eigenvalue weighted by atomic mass is 10.1. The number of fused-ring (bicyclic) bond motifs is 1. The van der Waals surface area contributed by atoms with Gasteiger partial charge in [0.05, 0.1) is 24.0 Å². The Labute approximate surface area is 151 Å². The van der Waals surface area contributed by atoms with E-state index in [0.29, 0.717) is 36.6 Å². The number of nitrogens with zero attached hydrogens (tertiary/aromatic N) is 1. The van der Waals surface area contributed by atoms with Crippen LogP contribution in [0.1, 0.15) is 30.1 Å². The molecular weight excluding hydrogens is 332 g/mol. The largest absolute Gasteiger partial charge is 0.466 e. The highest BCUT2D eigenvalue weighted by molar-refractivity contribution is 6.07. The molecule has 0 saturated carbocycles. The van der Waals surface area contributed by atoms with E-state index in [1.54, 1.807) is 31.4 Å². The second-order valence-electron chi connectivity index (χ2n) is 5.71. The minimum absolute atomic E-state index is 0.208. The molecule has 26 heavy (non-hydrogen) atoms. The standard InChI is InChI=1S/C20H20N2O4/c1-2-25-19(23)10-5-11-21-20(24)15-13-17(18-9-6-12-26-18)22-16-8-4-3-7-14(15)16/h3-4,6-9,12-13H,2,5,10-11H2,1H3,(H,21,24). The van der Waals surface area contributed by atoms with E-state index in [9.17, 15) is 9.59 Å². The van der Waals surface area contributed by atoms with E-state index < -0.39 is 0 Å². The third kappa shape index (κ3) is 4.08. The minimum atomic E-state index is -0.254. The number of benzene rings is 1. The van der Waals surface area contributed by atoms with Gasteiger partial charge in [-0.3, -0.25) is 9.59 Å². The summed E-state index contributed by atoms with van der Waals surface area (Å²) in [7, 11) is 0. The van der Waals surface area contributed by atoms with Gasteiger partial charge in [-0.15, -0.1) is 0 Å². The molecule has 0 saturated heterocycles. The van der Waals surface area contributed by atoms with Crippen LogP contribution in [0.25, 0.3) is 22.4 Å². The van der Waals surface area contributed by atoms with E-state index in [1.165, 1.54) is 0 Å². The number of rotatable bonds is 7. The van der Waals surface area contributed by atoms with Crippen LogP contribution < -0.4 is 5.32 Å². The van der Waals surface area contributed by atoms with Crippen molar-refractivity contribution in [3.8, 4) is 11.5 Å². The molecule has 1 amide bonds. The fourth-order valence-corrected chi connectivity index (χ4v) is 2.68. The highest BCUT2D eigenvalue weighted by Crippen LogP contribution is 2.25. The molecule has 0 bridgehead atoms. The fourth-order valence-electron chi connectivity index (χ4n) is 2.68. The summed E-state index contributed by atoms with van der Waals surface area (Å²) in [5.74, 6) is 0.142. The molecule has 3 rings (SSSR count). The number of para-hydroxylation sites is 1. The number of hydrogen-bond acceptors (Lipinski definition) is 5. The number of pyridine rings is 1. The summed E-state index contributed by atoms with van der Waals surface area (Å²) < 4.78 is 10.3. The molecule has 0 spiro atoms. The number of nitrogens with one attached hydrogen (secondary N) is 1. The molecule has 6 heteroatoms. The zero-order chi connectivity index (χ0) is 18.4. The van der Waals surface area contributed by atoms with Gasteiger partial charge in [-0.05, 0) is 37.6 Å². The van der Waals surface area contributed by atoms with Crippen LogP contribution in [0.3, 0.4) is 0 Å². The maximum Gasteiger partial charge on any atom is 0.305 e. The van der Waals surface area contributed by atoms with E-state index in [-0.39, 0.29) is 18.3 Å². The van der Waals surface area contributed by atoms with Crippen molar-refractivity contribution in [2.45, 2.75) is 19.8 Å². The topological polar surface area (TPSA) is 81.4 Å². The Morgan fingerprint density at radius 2 is 2.04 bits per heavy atom. The van der Waals surface area contributed by atoms with Gasteiger partial charge in [-0.2, -0.15) is 0 Å². The van der Waals surface area contributed by atoms with E-state index in [1.807, 2.05) is 24.3 Å². The molecular formula is C20H20N2O4. The quantitative estimate of drug-likeness (QED) is 0.519. The van der Waals surface area contributed by atoms with Crippen molar-refractivity contribution in [2.24, 2.45) is 0 Å². The molecule has 1 aromatic carbocycles. The average molecular weight is 352 g/mol. The maximum absolute atomic E-state index is 12.7. The van der Waals surface area contributed by atoms with Gasteiger partial charge in [-0.1, -0.05) is 18.2 Å². The summed E-state index contributed by atoms with van der Waals surface area (Å²) in [5.41, 5.74) is 1.85. The van der Waals surface area contributed by atoms with Crippen LogP contribution in [0.4, 0.5) is 0 Å². The van der Waals surface area contributed by atoms with Crippen molar-refractivity contribution >= 4 is 22.8 Å². The van der Waals surface area contributed by atoms with Crippen molar-refractivity contribution in [1.29, 1.82) is 0 Å². The lowest BCUT2D eigenvalue weighted by molar-refractivity contribution is -0.143. The molecule has 3 aromatic rings. The Hall–Kier alpha value is -3.15. The highest BCUT2D eigenvalue weighted by atomic mass is 16.5. The van der Waals surface area contributed by atoms with Crippen LogP contribution in [0.15, 0.2) is 53.1 Å². The average Bonchev–Trinajstić information content (AvgIpc) is 3.19. The summed E-state index contributed by atoms with van der Waals surface area (Å²) in [5, 5.41) is 3.63. The number of aromatic nitrogens is 1. The minimum Gasteiger partial charge on any atom is -0.466 e. The van der Waals surface area contributed by atoms with Crippen molar-refractivity contribution in [2.75, 3.05) is 13.2 Å². The van der Waals surface area contributed by atoms with Gasteiger partial charge in [0.15, 0.2) is 5.76 Å². The third-order valence-electron chi connectivity index (χ3n) is 3.88. The number of esters is 1. The monoisotopic (exact) mass is 352 g/mol. The zero-order valence-corrected chi connectivity index (χ0v) is 14.5. The Morgan fingerprint density at radius 3 is 2.81 bits per heavy atom. The Bertz CT molecular complexity index is 903. The first-order chi connectivity index (χ1) is 12.7. The molecule has 0 atom stereocenters. The second-order valence-corrected chi connectivity index (χ2v) is 5.71. The van der Waals surface area contributed by atoms with Crippen LogP contribution >= 0.6 is 0 Å². The van der Waals surface area contributed by atoms with Crippen LogP contribution in [0, 0.1) is 0 Å². The van der Waals surface area contributed by atoms with E-state index in [4.69, 9.17) is 9.15 Å². The Kier molecular flexibility index (Phi) is 5.63. The molecule has 0 aliphatic rings. The van der Waals surface area contributed by atoms with Crippen molar-refractivity contribution in [3.63, 3.8) is 0 Å². The molecule has 0 aliphatic heterocycles. The van der Waals surface area contributed by atoms with Gasteiger partial charge in [0, 0.05) is 18.4 Å². The van der Waals surface area contributed by atoms with Crippen LogP contribution in [0.2, 0.25) is 0 Å². The van der Waals surface area contributed by atoms with Gasteiger partial charge in [-0.25, -0.2) is 4.98 Å². The lowest BCUT2D eigenvalue weighted by Gasteiger charge is -2.09. The number of amides is 1. The summed E-state index contributed by atoms with van der Waals surface area (Å²) in [6.07, 6.45) is 2.38. The normalized spacial score (nSPS) is 10.7. The molecule has 0 unspecified atom stereocenters. The first kappa shape index (κ1) is 17.7. The number of ether oxygens (including phenoxy) is 1. The number of carbonyl (C=O) groups excluding carboxylic acids is 2. The van der Waals surface area contributed by atoms with Crippen LogP contribution in [-0.4, -0.2) is 30.0 Å². The number of carbonyl (C=O) groups is 2. The summed E-state index contributed by atoms with van der Waals surface area (Å²) >= 11 is 0. The molecule has 0 fully saturated rings. The zero-order valence-electron chi connectivity index (χ0n) is 14.5. The van der Waals surface area contributed by atoms with Gasteiger partial charge in [0.2, 0.25) is 0 Å². The van der Waals surface area contributed by atoms with Gasteiger partial charge < -0.3 is 14.5 Å². The summed E-state index contributed by atoms with van der Waals surface area (Å²) in [6, 6.07) is 12.8. The Balaban J connectivity index is 1.77. The van der Waals surface area contributed by atoms with Gasteiger partial charge in [0.25, 0.3) is 5.91 Å². The van der Waals surface area contributed by atoms with Gasteiger partial charge >= 0.3 is 5.97 Å². The molecule has 2 aromatic heterocycles. The van der Waals surface area contributed by atoms with Crippen LogP contribution in [0.5, 0.6) is 0 Å². The fraction of sp³-hybridized carbons (Fsp3) is 0.250. The highest BCUT2D eigenvalue weighted by Gasteiger charge is 2.14. The number of hydrogen-bond donors (Lipinski definition) is 1. The number of furan rings is 1. The summed E-state index contributed by atoms with van der Waals surface area (Å²) in [4.78, 5) is 28.6. The van der Waals surface area contributed by atoms with Crippen LogP contribution in [-0.2, 0) is 9.53 Å². The first-order valence-electron chi connectivity index (χ1n) is 8.56. The van der Waals surface area contributed by atoms with E-state index in [0.717, 1.165) is 10.9 Å². The molecule has 0 radical (unpaired) electrons. The molecule has 1 N–H and O–H groups in total. The van der Waals surface area contributed by atoms with Crippen molar-refractivity contribution < 1.29 is 18.7 Å². The predicted octanol–water partition coefficient (Wildman–Crippen LogP) is 3.57. The maximum atomic E-state index is 12.7. The molecule has 134 valence electrons.